The van der Waals surface area contributed by atoms with E-state index in [1.165, 1.54) is 0 Å². The second-order valence-electron chi connectivity index (χ2n) is 5.34. The van der Waals surface area contributed by atoms with Gasteiger partial charge in [0.1, 0.15) is 0 Å². The monoisotopic (exact) mass is 265 g/mol. The summed E-state index contributed by atoms with van der Waals surface area (Å²) in [6.07, 6.45) is 3.14. The van der Waals surface area contributed by atoms with Crippen LogP contribution in [0.25, 0.3) is 0 Å². The largest absolute Gasteiger partial charge is 0.398 e. The van der Waals surface area contributed by atoms with Gasteiger partial charge in [-0.2, -0.15) is 0 Å². The fraction of sp³-hybridized carbons (Fsp3) is 0.643. The average molecular weight is 265 g/mol. The number of hydrogen-bond acceptors (Lipinski definition) is 5. The number of hydrogen-bond donors (Lipinski definition) is 2. The molecular formula is C14H23N3O2. The van der Waals surface area contributed by atoms with Crippen molar-refractivity contribution in [3.8, 4) is 0 Å². The Hall–Kier alpha value is -1.17. The van der Waals surface area contributed by atoms with Gasteiger partial charge in [0.05, 0.1) is 18.8 Å². The summed E-state index contributed by atoms with van der Waals surface area (Å²) in [5.41, 5.74) is 7.42. The van der Waals surface area contributed by atoms with Crippen LogP contribution in [-0.4, -0.2) is 52.9 Å². The summed E-state index contributed by atoms with van der Waals surface area (Å²) in [6.45, 7) is 6.68. The van der Waals surface area contributed by atoms with Crippen molar-refractivity contribution < 1.29 is 9.84 Å². The first-order chi connectivity index (χ1) is 9.08. The normalized spacial score (nSPS) is 22.6. The number of aliphatic hydroxyl groups is 1. The summed E-state index contributed by atoms with van der Waals surface area (Å²) in [5.74, 6) is 0. The van der Waals surface area contributed by atoms with Crippen molar-refractivity contribution >= 4 is 5.69 Å². The quantitative estimate of drug-likeness (QED) is 0.837. The molecule has 2 unspecified atom stereocenters. The van der Waals surface area contributed by atoms with Crippen LogP contribution in [0, 0.1) is 0 Å². The first-order valence-electron chi connectivity index (χ1n) is 6.80. The first-order valence-corrected chi connectivity index (χ1v) is 6.80. The van der Waals surface area contributed by atoms with Crippen LogP contribution in [0.15, 0.2) is 18.5 Å². The Labute approximate surface area is 114 Å². The smallest absolute Gasteiger partial charge is 0.0964 e. The van der Waals surface area contributed by atoms with Crippen molar-refractivity contribution in [2.75, 3.05) is 25.4 Å². The fourth-order valence-corrected chi connectivity index (χ4v) is 2.36. The molecule has 5 nitrogen and oxygen atoms in total. The molecule has 1 aromatic heterocycles. The Morgan fingerprint density at radius 1 is 1.58 bits per heavy atom. The van der Waals surface area contributed by atoms with E-state index in [0.717, 1.165) is 18.7 Å². The molecule has 0 aliphatic carbocycles. The zero-order valence-corrected chi connectivity index (χ0v) is 11.6. The van der Waals surface area contributed by atoms with E-state index in [-0.39, 0.29) is 6.10 Å². The summed E-state index contributed by atoms with van der Waals surface area (Å²) >= 11 is 0. The van der Waals surface area contributed by atoms with Gasteiger partial charge in [0.2, 0.25) is 0 Å². The van der Waals surface area contributed by atoms with E-state index in [0.29, 0.717) is 24.8 Å². The van der Waals surface area contributed by atoms with Gasteiger partial charge in [-0.3, -0.25) is 9.88 Å². The molecule has 0 saturated carbocycles. The molecule has 106 valence electrons. The summed E-state index contributed by atoms with van der Waals surface area (Å²) in [4.78, 5) is 6.37. The average Bonchev–Trinajstić information content (AvgIpc) is 2.41. The highest BCUT2D eigenvalue weighted by molar-refractivity contribution is 5.44. The van der Waals surface area contributed by atoms with Crippen LogP contribution in [0.1, 0.15) is 19.4 Å². The zero-order valence-electron chi connectivity index (χ0n) is 11.6. The molecule has 2 rings (SSSR count). The maximum absolute atomic E-state index is 10.3. The third kappa shape index (κ3) is 3.65. The van der Waals surface area contributed by atoms with Crippen LogP contribution in [-0.2, 0) is 11.2 Å². The van der Waals surface area contributed by atoms with E-state index >= 15 is 0 Å². The third-order valence-electron chi connectivity index (χ3n) is 3.65. The van der Waals surface area contributed by atoms with Crippen LogP contribution in [0.4, 0.5) is 5.69 Å². The minimum atomic E-state index is -0.548. The number of morpholine rings is 1. The highest BCUT2D eigenvalue weighted by atomic mass is 16.5. The highest BCUT2D eigenvalue weighted by Gasteiger charge is 2.28. The lowest BCUT2D eigenvalue weighted by atomic mass is 10.0. The molecule has 0 spiro atoms. The third-order valence-corrected chi connectivity index (χ3v) is 3.65. The van der Waals surface area contributed by atoms with E-state index in [2.05, 4.69) is 23.7 Å². The Morgan fingerprint density at radius 3 is 3.05 bits per heavy atom. The number of nitrogen functional groups attached to an aromatic ring is 1. The van der Waals surface area contributed by atoms with Crippen LogP contribution in [0.3, 0.4) is 0 Å². The first kappa shape index (κ1) is 14.2. The molecule has 1 fully saturated rings. The Balaban J connectivity index is 1.96. The molecule has 1 aliphatic heterocycles. The molecule has 19 heavy (non-hydrogen) atoms. The van der Waals surface area contributed by atoms with Crippen molar-refractivity contribution in [1.82, 2.24) is 9.88 Å². The highest BCUT2D eigenvalue weighted by Crippen LogP contribution is 2.17. The number of pyridine rings is 1. The van der Waals surface area contributed by atoms with Gasteiger partial charge in [0.15, 0.2) is 0 Å². The summed E-state index contributed by atoms with van der Waals surface area (Å²) in [5, 5.41) is 10.3. The molecule has 0 amide bonds. The zero-order chi connectivity index (χ0) is 13.8. The molecule has 0 radical (unpaired) electrons. The molecular weight excluding hydrogens is 242 g/mol. The lowest BCUT2D eigenvalue weighted by Gasteiger charge is -2.37. The molecule has 0 aromatic carbocycles. The number of aromatic nitrogens is 1. The number of nitrogens with two attached hydrogens (primary N) is 1. The van der Waals surface area contributed by atoms with Crippen molar-refractivity contribution in [3.63, 3.8) is 0 Å². The number of aliphatic hydroxyl groups excluding tert-OH is 1. The van der Waals surface area contributed by atoms with Gasteiger partial charge in [-0.1, -0.05) is 0 Å². The molecule has 0 bridgehead atoms. The van der Waals surface area contributed by atoms with Gasteiger partial charge in [-0.05, 0) is 25.5 Å². The van der Waals surface area contributed by atoms with Crippen LogP contribution >= 0.6 is 0 Å². The lowest BCUT2D eigenvalue weighted by molar-refractivity contribution is -0.0940. The SMILES string of the molecule is CC(C)N1CCOC(C(O)Cc2cnccc2N)C1. The van der Waals surface area contributed by atoms with Crippen molar-refractivity contribution in [1.29, 1.82) is 0 Å². The van der Waals surface area contributed by atoms with Gasteiger partial charge in [0, 0.05) is 43.6 Å². The maximum Gasteiger partial charge on any atom is 0.0964 e. The standard InChI is InChI=1S/C14H23N3O2/c1-10(2)17-5-6-19-14(9-17)13(18)7-11-8-16-4-3-12(11)15/h3-4,8,10,13-14,18H,5-7,9H2,1-2H3,(H2,15,16). The summed E-state index contributed by atoms with van der Waals surface area (Å²) in [6, 6.07) is 2.23. The molecule has 5 heteroatoms. The molecule has 1 aliphatic rings. The Bertz CT molecular complexity index is 411. The van der Waals surface area contributed by atoms with Crippen LogP contribution < -0.4 is 5.73 Å². The minimum Gasteiger partial charge on any atom is -0.398 e. The van der Waals surface area contributed by atoms with Crippen molar-refractivity contribution in [3.05, 3.63) is 24.0 Å². The predicted molar refractivity (Wildman–Crippen MR) is 74.8 cm³/mol. The van der Waals surface area contributed by atoms with Crippen LogP contribution in [0.5, 0.6) is 0 Å². The second-order valence-corrected chi connectivity index (χ2v) is 5.34. The summed E-state index contributed by atoms with van der Waals surface area (Å²) < 4.78 is 5.68. The molecule has 2 atom stereocenters. The second kappa shape index (κ2) is 6.32. The molecule has 1 aromatic rings. The Morgan fingerprint density at radius 2 is 2.37 bits per heavy atom. The van der Waals surface area contributed by atoms with E-state index in [1.807, 2.05) is 0 Å². The number of ether oxygens (including phenoxy) is 1. The predicted octanol–water partition coefficient (Wildman–Crippen LogP) is 0.676. The van der Waals surface area contributed by atoms with Gasteiger partial charge in [0.25, 0.3) is 0 Å². The fourth-order valence-electron chi connectivity index (χ4n) is 2.36. The Kier molecular flexibility index (Phi) is 4.74. The number of anilines is 1. The molecule has 1 saturated heterocycles. The van der Waals surface area contributed by atoms with E-state index in [1.54, 1.807) is 18.5 Å². The van der Waals surface area contributed by atoms with Crippen molar-refractivity contribution in [2.24, 2.45) is 0 Å². The van der Waals surface area contributed by atoms with Gasteiger partial charge in [-0.15, -0.1) is 0 Å². The van der Waals surface area contributed by atoms with Gasteiger partial charge in [-0.25, -0.2) is 0 Å². The minimum absolute atomic E-state index is 0.157. The molecule has 2 heterocycles. The van der Waals surface area contributed by atoms with Gasteiger partial charge < -0.3 is 15.6 Å². The van der Waals surface area contributed by atoms with E-state index < -0.39 is 6.10 Å². The van der Waals surface area contributed by atoms with Crippen molar-refractivity contribution in [2.45, 2.75) is 38.5 Å². The maximum atomic E-state index is 10.3. The lowest BCUT2D eigenvalue weighted by Crippen LogP contribution is -2.50. The molecule has 3 N–H and O–H groups in total. The topological polar surface area (TPSA) is 71.6 Å². The number of rotatable bonds is 4. The van der Waals surface area contributed by atoms with Gasteiger partial charge >= 0.3 is 0 Å². The number of nitrogens with zero attached hydrogens (tertiary/aromatic N) is 2. The summed E-state index contributed by atoms with van der Waals surface area (Å²) in [7, 11) is 0. The van der Waals surface area contributed by atoms with E-state index in [9.17, 15) is 5.11 Å². The van der Waals surface area contributed by atoms with Crippen LogP contribution in [0.2, 0.25) is 0 Å². The van der Waals surface area contributed by atoms with E-state index in [4.69, 9.17) is 10.5 Å².